The third-order valence-corrected chi connectivity index (χ3v) is 5.71. The predicted molar refractivity (Wildman–Crippen MR) is 98.4 cm³/mol. The Hall–Kier alpha value is -1.21. The number of carbonyl (C=O) groups excluding carboxylic acids is 2. The first kappa shape index (κ1) is 15.7. The first-order valence-corrected chi connectivity index (χ1v) is 9.65. The minimum atomic E-state index is -0.0543. The van der Waals surface area contributed by atoms with Crippen molar-refractivity contribution in [1.82, 2.24) is 0 Å². The molecule has 0 aliphatic heterocycles. The number of aryl methyl sites for hydroxylation is 1. The van der Waals surface area contributed by atoms with Crippen molar-refractivity contribution >= 4 is 50.6 Å². The van der Waals surface area contributed by atoms with Crippen LogP contribution in [0.4, 0.5) is 5.00 Å². The van der Waals surface area contributed by atoms with E-state index in [1.165, 1.54) is 4.88 Å². The number of benzene rings is 1. The van der Waals surface area contributed by atoms with E-state index in [4.69, 9.17) is 0 Å². The van der Waals surface area contributed by atoms with Gasteiger partial charge in [0, 0.05) is 10.4 Å². The van der Waals surface area contributed by atoms with Gasteiger partial charge in [-0.1, -0.05) is 52.9 Å². The summed E-state index contributed by atoms with van der Waals surface area (Å²) >= 11 is 3.61. The molecular weight excluding hydrogens is 409 g/mol. The summed E-state index contributed by atoms with van der Waals surface area (Å²) < 4.78 is 0.388. The molecule has 0 spiro atoms. The molecule has 1 aromatic carbocycles. The second-order valence-corrected chi connectivity index (χ2v) is 7.16. The molecule has 2 aromatic rings. The Morgan fingerprint density at radius 2 is 1.86 bits per heavy atom. The van der Waals surface area contributed by atoms with Crippen LogP contribution in [-0.2, 0) is 17.6 Å². The molecule has 1 aliphatic carbocycles. The number of alkyl halides is 1. The van der Waals surface area contributed by atoms with E-state index in [0.29, 0.717) is 15.6 Å². The average Bonchev–Trinajstić information content (AvgIpc) is 2.92. The number of carbonyl (C=O) groups is 2. The van der Waals surface area contributed by atoms with E-state index in [2.05, 4.69) is 5.32 Å². The lowest BCUT2D eigenvalue weighted by molar-refractivity contribution is -0.113. The zero-order valence-corrected chi connectivity index (χ0v) is 15.0. The SMILES string of the molecule is O=C(CI)Nc1sc2c(c1C(=O)c1ccccc1)CCCC2. The molecule has 0 atom stereocenters. The molecule has 3 rings (SSSR count). The smallest absolute Gasteiger partial charge is 0.234 e. The van der Waals surface area contributed by atoms with Gasteiger partial charge in [0.15, 0.2) is 5.78 Å². The van der Waals surface area contributed by atoms with Crippen molar-refractivity contribution < 1.29 is 9.59 Å². The third kappa shape index (κ3) is 3.10. The maximum atomic E-state index is 12.9. The van der Waals surface area contributed by atoms with Crippen LogP contribution in [-0.4, -0.2) is 16.1 Å². The lowest BCUT2D eigenvalue weighted by Crippen LogP contribution is -2.15. The Labute approximate surface area is 147 Å². The third-order valence-electron chi connectivity index (χ3n) is 3.81. The van der Waals surface area contributed by atoms with Crippen molar-refractivity contribution in [3.05, 3.63) is 51.9 Å². The molecule has 1 N–H and O–H groups in total. The average molecular weight is 425 g/mol. The molecule has 0 radical (unpaired) electrons. The van der Waals surface area contributed by atoms with Crippen molar-refractivity contribution in [3.8, 4) is 0 Å². The normalized spacial score (nSPS) is 13.5. The standard InChI is InChI=1S/C17H16INO2S/c18-10-14(20)19-17-15(12-8-4-5-9-13(12)22-17)16(21)11-6-2-1-3-7-11/h1-3,6-7H,4-5,8-10H2,(H,19,20). The number of hydrogen-bond donors (Lipinski definition) is 1. The maximum Gasteiger partial charge on any atom is 0.234 e. The van der Waals surface area contributed by atoms with Gasteiger partial charge in [-0.25, -0.2) is 0 Å². The molecule has 0 bridgehead atoms. The van der Waals surface area contributed by atoms with E-state index >= 15 is 0 Å². The number of fused-ring (bicyclic) bond motifs is 1. The number of nitrogens with one attached hydrogen (secondary N) is 1. The number of thiophene rings is 1. The Morgan fingerprint density at radius 1 is 1.14 bits per heavy atom. The van der Waals surface area contributed by atoms with Crippen molar-refractivity contribution in [2.24, 2.45) is 0 Å². The molecule has 3 nitrogen and oxygen atoms in total. The summed E-state index contributed by atoms with van der Waals surface area (Å²) in [7, 11) is 0. The largest absolute Gasteiger partial charge is 0.316 e. The van der Waals surface area contributed by atoms with Crippen LogP contribution in [0.5, 0.6) is 0 Å². The van der Waals surface area contributed by atoms with Crippen LogP contribution in [0.25, 0.3) is 0 Å². The number of hydrogen-bond acceptors (Lipinski definition) is 3. The zero-order chi connectivity index (χ0) is 15.5. The molecule has 1 aromatic heterocycles. The van der Waals surface area contributed by atoms with Gasteiger partial charge in [0.1, 0.15) is 5.00 Å². The van der Waals surface area contributed by atoms with Crippen molar-refractivity contribution in [1.29, 1.82) is 0 Å². The minimum absolute atomic E-state index is 0.0174. The predicted octanol–water partition coefficient (Wildman–Crippen LogP) is 4.23. The van der Waals surface area contributed by atoms with Gasteiger partial charge in [0.05, 0.1) is 9.99 Å². The van der Waals surface area contributed by atoms with E-state index in [-0.39, 0.29) is 11.7 Å². The first-order chi connectivity index (χ1) is 10.7. The highest BCUT2D eigenvalue weighted by molar-refractivity contribution is 14.1. The van der Waals surface area contributed by atoms with Gasteiger partial charge in [-0.05, 0) is 31.2 Å². The van der Waals surface area contributed by atoms with Gasteiger partial charge < -0.3 is 5.32 Å². The number of rotatable bonds is 4. The fraction of sp³-hybridized carbons (Fsp3) is 0.294. The summed E-state index contributed by atoms with van der Waals surface area (Å²) in [5.74, 6) is -0.0370. The Bertz CT molecular complexity index is 709. The molecular formula is C17H16INO2S. The molecule has 114 valence electrons. The van der Waals surface area contributed by atoms with Gasteiger partial charge in [-0.15, -0.1) is 11.3 Å². The van der Waals surface area contributed by atoms with Gasteiger partial charge in [0.25, 0.3) is 0 Å². The summed E-state index contributed by atoms with van der Waals surface area (Å²) in [6.07, 6.45) is 4.21. The molecule has 1 amide bonds. The lowest BCUT2D eigenvalue weighted by atomic mass is 9.92. The van der Waals surface area contributed by atoms with E-state index in [9.17, 15) is 9.59 Å². The van der Waals surface area contributed by atoms with Crippen LogP contribution in [0.3, 0.4) is 0 Å². The van der Waals surface area contributed by atoms with E-state index in [0.717, 1.165) is 36.2 Å². The molecule has 5 heteroatoms. The molecule has 22 heavy (non-hydrogen) atoms. The van der Waals surface area contributed by atoms with Crippen LogP contribution in [0.1, 0.15) is 39.2 Å². The summed E-state index contributed by atoms with van der Waals surface area (Å²) in [5.41, 5.74) is 2.54. The highest BCUT2D eigenvalue weighted by atomic mass is 127. The van der Waals surface area contributed by atoms with Gasteiger partial charge in [-0.3, -0.25) is 9.59 Å². The van der Waals surface area contributed by atoms with E-state index < -0.39 is 0 Å². The maximum absolute atomic E-state index is 12.9. The summed E-state index contributed by atoms with van der Waals surface area (Å²) in [6.45, 7) is 0. The highest BCUT2D eigenvalue weighted by Crippen LogP contribution is 2.39. The van der Waals surface area contributed by atoms with Crippen LogP contribution in [0.2, 0.25) is 0 Å². The van der Waals surface area contributed by atoms with Crippen molar-refractivity contribution in [2.75, 3.05) is 9.74 Å². The fourth-order valence-corrected chi connectivity index (χ4v) is 4.28. The minimum Gasteiger partial charge on any atom is -0.316 e. The summed E-state index contributed by atoms with van der Waals surface area (Å²) in [6, 6.07) is 9.31. The Morgan fingerprint density at radius 3 is 2.59 bits per heavy atom. The molecule has 1 aliphatic rings. The van der Waals surface area contributed by atoms with Crippen LogP contribution >= 0.6 is 33.9 Å². The highest BCUT2D eigenvalue weighted by Gasteiger charge is 2.26. The van der Waals surface area contributed by atoms with Gasteiger partial charge in [0.2, 0.25) is 5.91 Å². The van der Waals surface area contributed by atoms with E-state index in [1.807, 2.05) is 52.9 Å². The molecule has 0 unspecified atom stereocenters. The molecule has 0 saturated heterocycles. The fourth-order valence-electron chi connectivity index (χ4n) is 2.79. The lowest BCUT2D eigenvalue weighted by Gasteiger charge is -2.12. The first-order valence-electron chi connectivity index (χ1n) is 7.31. The summed E-state index contributed by atoms with van der Waals surface area (Å²) in [4.78, 5) is 26.0. The second-order valence-electron chi connectivity index (χ2n) is 5.29. The molecule has 0 fully saturated rings. The van der Waals surface area contributed by atoms with Gasteiger partial charge in [-0.2, -0.15) is 0 Å². The topological polar surface area (TPSA) is 46.2 Å². The molecule has 0 saturated carbocycles. The summed E-state index contributed by atoms with van der Waals surface area (Å²) in [5, 5.41) is 3.64. The van der Waals surface area contributed by atoms with Crippen LogP contribution in [0.15, 0.2) is 30.3 Å². The molecule has 1 heterocycles. The van der Waals surface area contributed by atoms with E-state index in [1.54, 1.807) is 11.3 Å². The Kier molecular flexibility index (Phi) is 4.93. The van der Waals surface area contributed by atoms with Crippen molar-refractivity contribution in [3.63, 3.8) is 0 Å². The Balaban J connectivity index is 2.05. The quantitative estimate of drug-likeness (QED) is 0.453. The van der Waals surface area contributed by atoms with Gasteiger partial charge >= 0.3 is 0 Å². The van der Waals surface area contributed by atoms with Crippen LogP contribution in [0, 0.1) is 0 Å². The monoisotopic (exact) mass is 425 g/mol. The number of anilines is 1. The number of ketones is 1. The van der Waals surface area contributed by atoms with Crippen molar-refractivity contribution in [2.45, 2.75) is 25.7 Å². The number of halogens is 1. The number of amides is 1. The second kappa shape index (κ2) is 6.91. The van der Waals surface area contributed by atoms with Crippen LogP contribution < -0.4 is 5.32 Å². The zero-order valence-electron chi connectivity index (χ0n) is 12.0.